The van der Waals surface area contributed by atoms with Crippen LogP contribution in [0.25, 0.3) is 0 Å². The third-order valence-corrected chi connectivity index (χ3v) is 11.7. The Hall–Kier alpha value is -2.34. The molecule has 2 rings (SSSR count). The summed E-state index contributed by atoms with van der Waals surface area (Å²) in [6.07, 6.45) is 5.26. The molecule has 1 aliphatic heterocycles. The quantitative estimate of drug-likeness (QED) is 0.121. The molecule has 1 heterocycles. The van der Waals surface area contributed by atoms with Gasteiger partial charge in [-0.2, -0.15) is 0 Å². The Morgan fingerprint density at radius 2 is 1.77 bits per heavy atom. The van der Waals surface area contributed by atoms with Crippen LogP contribution in [0.5, 0.6) is 5.75 Å². The van der Waals surface area contributed by atoms with Crippen LogP contribution in [0, 0.1) is 11.8 Å². The van der Waals surface area contributed by atoms with Crippen LogP contribution in [-0.2, 0) is 16.0 Å². The second kappa shape index (κ2) is 11.6. The van der Waals surface area contributed by atoms with Crippen LogP contribution in [0.1, 0.15) is 73.3 Å². The first-order chi connectivity index (χ1) is 16.2. The summed E-state index contributed by atoms with van der Waals surface area (Å²) in [5, 5.41) is 13.7. The van der Waals surface area contributed by atoms with Crippen LogP contribution in [0.2, 0.25) is 18.1 Å². The van der Waals surface area contributed by atoms with Gasteiger partial charge in [0.05, 0.1) is 6.04 Å². The molecule has 0 aliphatic carbocycles. The highest BCUT2D eigenvalue weighted by atomic mass is 28.4. The van der Waals surface area contributed by atoms with Gasteiger partial charge < -0.3 is 14.8 Å². The lowest BCUT2D eigenvalue weighted by atomic mass is 9.88. The Morgan fingerprint density at radius 3 is 2.31 bits per heavy atom. The summed E-state index contributed by atoms with van der Waals surface area (Å²) < 4.78 is 6.33. The maximum atomic E-state index is 13.1. The van der Waals surface area contributed by atoms with Crippen LogP contribution in [-0.4, -0.2) is 31.2 Å². The largest absolute Gasteiger partial charge is 0.544 e. The molecule has 0 aromatic heterocycles. The zero-order valence-corrected chi connectivity index (χ0v) is 24.1. The monoisotopic (exact) mass is 499 g/mol. The van der Waals surface area contributed by atoms with Gasteiger partial charge in [-0.25, -0.2) is 0 Å². The van der Waals surface area contributed by atoms with Crippen LogP contribution in [0.15, 0.2) is 47.2 Å². The smallest absolute Gasteiger partial charge is 0.259 e. The highest BCUT2D eigenvalue weighted by Crippen LogP contribution is 2.37. The minimum atomic E-state index is -1.93. The highest BCUT2D eigenvalue weighted by Gasteiger charge is 2.40. The fraction of sp³-hybridized carbons (Fsp3) is 0.586. The third kappa shape index (κ3) is 7.57. The molecular weight excluding hydrogens is 454 g/mol. The lowest BCUT2D eigenvalue weighted by Gasteiger charge is -2.36. The first kappa shape index (κ1) is 28.9. The minimum Gasteiger partial charge on any atom is -0.544 e. The predicted molar refractivity (Wildman–Crippen MR) is 146 cm³/mol. The molecule has 0 saturated carbocycles. The summed E-state index contributed by atoms with van der Waals surface area (Å²) in [5.74, 6) is 0.0321. The first-order valence-corrected chi connectivity index (χ1v) is 15.8. The van der Waals surface area contributed by atoms with E-state index in [4.69, 9.17) is 4.43 Å². The molecule has 0 unspecified atom stereocenters. The fourth-order valence-corrected chi connectivity index (χ4v) is 5.40. The zero-order valence-electron chi connectivity index (χ0n) is 23.1. The van der Waals surface area contributed by atoms with Crippen LogP contribution < -0.4 is 9.74 Å². The van der Waals surface area contributed by atoms with Gasteiger partial charge in [-0.15, -0.1) is 0 Å². The van der Waals surface area contributed by atoms with Crippen molar-refractivity contribution < 1.29 is 19.1 Å². The van der Waals surface area contributed by atoms with Crippen molar-refractivity contribution in [1.82, 2.24) is 5.32 Å². The van der Waals surface area contributed by atoms with Crippen molar-refractivity contribution in [2.75, 3.05) is 0 Å². The molecule has 6 heteroatoms. The van der Waals surface area contributed by atoms with Gasteiger partial charge >= 0.3 is 0 Å². The summed E-state index contributed by atoms with van der Waals surface area (Å²) in [5.41, 5.74) is 2.19. The molecule has 0 spiro atoms. The summed E-state index contributed by atoms with van der Waals surface area (Å²) in [6.45, 7) is 19.3. The number of carbonyl (C=O) groups is 2. The molecule has 1 fully saturated rings. The van der Waals surface area contributed by atoms with E-state index in [0.29, 0.717) is 18.8 Å². The summed E-state index contributed by atoms with van der Waals surface area (Å²) >= 11 is 0. The van der Waals surface area contributed by atoms with Crippen LogP contribution >= 0.6 is 0 Å². The van der Waals surface area contributed by atoms with Gasteiger partial charge in [-0.1, -0.05) is 65.3 Å². The summed E-state index contributed by atoms with van der Waals surface area (Å²) in [4.78, 5) is 25.7. The molecule has 0 radical (unpaired) electrons. The Bertz CT molecular complexity index is 969. The number of amides is 1. The molecule has 1 amide bonds. The number of benzene rings is 1. The number of Topliss-reactive ketones (excluding diaryl/α,β-unsaturated/α-hetero) is 1. The predicted octanol–water partition coefficient (Wildman–Crippen LogP) is 6.90. The van der Waals surface area contributed by atoms with Crippen LogP contribution in [0.3, 0.4) is 0 Å². The summed E-state index contributed by atoms with van der Waals surface area (Å²) in [6, 6.07) is 7.10. The molecule has 0 bridgehead atoms. The van der Waals surface area contributed by atoms with Gasteiger partial charge in [-0.3, -0.25) is 9.59 Å². The fourth-order valence-electron chi connectivity index (χ4n) is 4.37. The minimum absolute atomic E-state index is 0.0756. The van der Waals surface area contributed by atoms with E-state index >= 15 is 0 Å². The van der Waals surface area contributed by atoms with Crippen molar-refractivity contribution in [3.8, 4) is 5.75 Å². The number of ketones is 1. The number of aliphatic hydroxyl groups excluding tert-OH is 1. The number of nitrogens with one attached hydrogen (secondary N) is 1. The second-order valence-corrected chi connectivity index (χ2v) is 16.5. The average Bonchev–Trinajstić information content (AvgIpc) is 3.00. The van der Waals surface area contributed by atoms with Crippen molar-refractivity contribution in [3.63, 3.8) is 0 Å². The number of allylic oxidation sites excluding steroid dienone is 3. The summed E-state index contributed by atoms with van der Waals surface area (Å²) in [7, 11) is -1.93. The molecule has 2 N–H and O–H groups in total. The van der Waals surface area contributed by atoms with Crippen molar-refractivity contribution in [2.45, 2.75) is 98.3 Å². The Balaban J connectivity index is 2.07. The Morgan fingerprint density at radius 1 is 1.17 bits per heavy atom. The van der Waals surface area contributed by atoms with Gasteiger partial charge in [0, 0.05) is 12.3 Å². The molecule has 1 aliphatic rings. The van der Waals surface area contributed by atoms with E-state index in [0.717, 1.165) is 24.2 Å². The lowest BCUT2D eigenvalue weighted by molar-refractivity contribution is -0.117. The molecule has 1 aromatic rings. The van der Waals surface area contributed by atoms with Crippen LogP contribution in [0.4, 0.5) is 0 Å². The number of carbonyl (C=O) groups excluding carboxylic acids is 2. The molecule has 194 valence electrons. The van der Waals surface area contributed by atoms with Gasteiger partial charge in [0.15, 0.2) is 5.78 Å². The molecule has 3 atom stereocenters. The molecular formula is C29H45NO4Si. The topological polar surface area (TPSA) is 75.6 Å². The molecule has 1 aromatic carbocycles. The third-order valence-electron chi connectivity index (χ3n) is 7.34. The van der Waals surface area contributed by atoms with E-state index in [9.17, 15) is 14.7 Å². The van der Waals surface area contributed by atoms with Crippen molar-refractivity contribution in [2.24, 2.45) is 11.8 Å². The van der Waals surface area contributed by atoms with Crippen molar-refractivity contribution in [3.05, 3.63) is 52.8 Å². The van der Waals surface area contributed by atoms with Gasteiger partial charge in [0.25, 0.3) is 5.91 Å². The molecule has 1 saturated heterocycles. The van der Waals surface area contributed by atoms with E-state index in [-0.39, 0.29) is 28.1 Å². The normalized spacial score (nSPS) is 20.5. The molecule has 35 heavy (non-hydrogen) atoms. The van der Waals surface area contributed by atoms with Crippen molar-refractivity contribution in [1.29, 1.82) is 0 Å². The van der Waals surface area contributed by atoms with E-state index in [1.165, 1.54) is 5.57 Å². The second-order valence-electron chi connectivity index (χ2n) is 11.8. The number of aliphatic hydroxyl groups is 1. The standard InChI is InChI=1S/C29H45NO4Si/c1-10-11-19(2)16-20(3)17-21(4)26(31)25-27(32)24(30-28(25)33)18-22-12-14-23(15-13-22)34-35(8,9)29(5,6)7/h11-15,20-21,24,31H,10,16-18H2,1-9H3,(H,30,33)/b19-11+,26-25-/t20-,21-,24-/m0/s1. The average molecular weight is 500 g/mol. The Labute approximate surface area is 213 Å². The maximum Gasteiger partial charge on any atom is 0.259 e. The SMILES string of the molecule is CC/C=C(\C)C[C@H](C)C[C@H](C)/C(O)=C1/C(=O)N[C@@H](Cc2ccc(O[Si](C)(C)C(C)(C)C)cc2)C1=O. The number of hydrogen-bond acceptors (Lipinski definition) is 4. The first-order valence-electron chi connectivity index (χ1n) is 12.9. The van der Waals surface area contributed by atoms with Gasteiger partial charge in [0.2, 0.25) is 8.32 Å². The number of hydrogen-bond donors (Lipinski definition) is 2. The van der Waals surface area contributed by atoms with E-state index in [1.807, 2.05) is 31.2 Å². The van der Waals surface area contributed by atoms with Crippen molar-refractivity contribution >= 4 is 20.0 Å². The van der Waals surface area contributed by atoms with E-state index in [2.05, 4.69) is 66.0 Å². The Kier molecular flexibility index (Phi) is 9.57. The zero-order chi connectivity index (χ0) is 26.6. The highest BCUT2D eigenvalue weighted by molar-refractivity contribution is 6.74. The van der Waals surface area contributed by atoms with E-state index < -0.39 is 20.3 Å². The lowest BCUT2D eigenvalue weighted by Crippen LogP contribution is -2.43. The maximum absolute atomic E-state index is 13.1. The van der Waals surface area contributed by atoms with Gasteiger partial charge in [-0.05, 0) is 67.9 Å². The number of rotatable bonds is 10. The van der Waals surface area contributed by atoms with Gasteiger partial charge in [0.1, 0.15) is 17.1 Å². The molecule has 5 nitrogen and oxygen atoms in total. The van der Waals surface area contributed by atoms with E-state index in [1.54, 1.807) is 0 Å².